The van der Waals surface area contributed by atoms with Crippen LogP contribution in [0.15, 0.2) is 24.3 Å². The van der Waals surface area contributed by atoms with Crippen molar-refractivity contribution < 1.29 is 9.90 Å². The minimum atomic E-state index is -0.747. The Balaban J connectivity index is 2.78. The van der Waals surface area contributed by atoms with E-state index in [1.165, 1.54) is 0 Å². The van der Waals surface area contributed by atoms with Gasteiger partial charge in [0.05, 0.1) is 6.42 Å². The highest BCUT2D eigenvalue weighted by Gasteiger charge is 2.14. The van der Waals surface area contributed by atoms with E-state index in [-0.39, 0.29) is 12.3 Å². The average molecular weight is 227 g/mol. The van der Waals surface area contributed by atoms with Crippen molar-refractivity contribution in [3.8, 4) is 0 Å². The Morgan fingerprint density at radius 2 is 2.00 bits per heavy atom. The first-order chi connectivity index (χ1) is 7.13. The molecule has 0 fully saturated rings. The van der Waals surface area contributed by atoms with E-state index >= 15 is 0 Å². The molecule has 0 aliphatic rings. The zero-order valence-corrected chi connectivity index (χ0v) is 9.50. The van der Waals surface area contributed by atoms with Crippen molar-refractivity contribution in [1.82, 2.24) is 0 Å². The van der Waals surface area contributed by atoms with Crippen molar-refractivity contribution >= 4 is 17.6 Å². The lowest BCUT2D eigenvalue weighted by molar-refractivity contribution is -0.137. The molecule has 3 heteroatoms. The molecule has 0 bridgehead atoms. The smallest absolute Gasteiger partial charge is 0.303 e. The van der Waals surface area contributed by atoms with Gasteiger partial charge in [-0.2, -0.15) is 0 Å². The molecule has 1 rings (SSSR count). The van der Waals surface area contributed by atoms with Crippen LogP contribution in [0.2, 0.25) is 5.02 Å². The fourth-order valence-corrected chi connectivity index (χ4v) is 1.81. The number of halogens is 1. The first kappa shape index (κ1) is 12.1. The molecule has 1 aromatic carbocycles. The molecule has 82 valence electrons. The van der Waals surface area contributed by atoms with Crippen LogP contribution in [-0.2, 0) is 4.79 Å². The summed E-state index contributed by atoms with van der Waals surface area (Å²) < 4.78 is 0. The summed E-state index contributed by atoms with van der Waals surface area (Å²) in [4.78, 5) is 10.7. The minimum Gasteiger partial charge on any atom is -0.481 e. The highest BCUT2D eigenvalue weighted by Crippen LogP contribution is 2.26. The van der Waals surface area contributed by atoms with Gasteiger partial charge in [0.1, 0.15) is 0 Å². The monoisotopic (exact) mass is 226 g/mol. The predicted molar refractivity (Wildman–Crippen MR) is 61.4 cm³/mol. The number of carboxylic acid groups (broad SMARTS) is 1. The number of rotatable bonds is 5. The summed E-state index contributed by atoms with van der Waals surface area (Å²) in [6, 6.07) is 7.43. The summed E-state index contributed by atoms with van der Waals surface area (Å²) in [6.45, 7) is 2.06. The second kappa shape index (κ2) is 5.76. The van der Waals surface area contributed by atoms with Crippen LogP contribution in [0.1, 0.15) is 37.7 Å². The third-order valence-electron chi connectivity index (χ3n) is 2.40. The summed E-state index contributed by atoms with van der Waals surface area (Å²) in [5, 5.41) is 9.48. The Labute approximate surface area is 94.9 Å². The quantitative estimate of drug-likeness (QED) is 0.831. The maximum absolute atomic E-state index is 10.7. The van der Waals surface area contributed by atoms with Crippen LogP contribution in [0.5, 0.6) is 0 Å². The van der Waals surface area contributed by atoms with E-state index < -0.39 is 5.97 Å². The van der Waals surface area contributed by atoms with Gasteiger partial charge in [0, 0.05) is 5.02 Å². The topological polar surface area (TPSA) is 37.3 Å². The maximum Gasteiger partial charge on any atom is 0.303 e. The molecule has 0 unspecified atom stereocenters. The molecule has 0 heterocycles. The van der Waals surface area contributed by atoms with Crippen LogP contribution in [0, 0.1) is 0 Å². The van der Waals surface area contributed by atoms with Crippen LogP contribution in [0.4, 0.5) is 0 Å². The number of carbonyl (C=O) groups is 1. The molecule has 2 nitrogen and oxygen atoms in total. The highest BCUT2D eigenvalue weighted by molar-refractivity contribution is 6.30. The fraction of sp³-hybridized carbons (Fsp3) is 0.417. The van der Waals surface area contributed by atoms with Crippen molar-refractivity contribution in [3.05, 3.63) is 34.9 Å². The number of benzene rings is 1. The Morgan fingerprint density at radius 3 is 2.47 bits per heavy atom. The first-order valence-corrected chi connectivity index (χ1v) is 5.48. The second-order valence-corrected chi connectivity index (χ2v) is 4.07. The Bertz CT molecular complexity index is 319. The van der Waals surface area contributed by atoms with Crippen LogP contribution < -0.4 is 0 Å². The van der Waals surface area contributed by atoms with Gasteiger partial charge in [-0.05, 0) is 30.0 Å². The molecule has 0 amide bonds. The summed E-state index contributed by atoms with van der Waals surface area (Å²) in [5.74, 6) is -0.645. The fourth-order valence-electron chi connectivity index (χ4n) is 1.68. The molecular weight excluding hydrogens is 212 g/mol. The Hall–Kier alpha value is -1.02. The Kier molecular flexibility index (Phi) is 4.63. The van der Waals surface area contributed by atoms with Gasteiger partial charge in [-0.3, -0.25) is 4.79 Å². The van der Waals surface area contributed by atoms with E-state index in [1.54, 1.807) is 12.1 Å². The zero-order valence-electron chi connectivity index (χ0n) is 8.74. The molecule has 0 aliphatic carbocycles. The maximum atomic E-state index is 10.7. The van der Waals surface area contributed by atoms with E-state index in [1.807, 2.05) is 12.1 Å². The minimum absolute atomic E-state index is 0.102. The molecule has 0 saturated carbocycles. The number of hydrogen-bond donors (Lipinski definition) is 1. The molecule has 0 radical (unpaired) electrons. The molecule has 0 aromatic heterocycles. The van der Waals surface area contributed by atoms with Crippen LogP contribution >= 0.6 is 11.6 Å². The third-order valence-corrected chi connectivity index (χ3v) is 2.65. The van der Waals surface area contributed by atoms with E-state index in [4.69, 9.17) is 16.7 Å². The lowest BCUT2D eigenvalue weighted by atomic mass is 9.91. The molecule has 1 aromatic rings. The lowest BCUT2D eigenvalue weighted by Gasteiger charge is -2.14. The molecule has 15 heavy (non-hydrogen) atoms. The van der Waals surface area contributed by atoms with E-state index in [9.17, 15) is 4.79 Å². The zero-order chi connectivity index (χ0) is 11.3. The molecule has 1 atom stereocenters. The molecule has 0 spiro atoms. The van der Waals surface area contributed by atoms with E-state index in [0.29, 0.717) is 5.02 Å². The van der Waals surface area contributed by atoms with Gasteiger partial charge >= 0.3 is 5.97 Å². The van der Waals surface area contributed by atoms with Crippen LogP contribution in [-0.4, -0.2) is 11.1 Å². The highest BCUT2D eigenvalue weighted by atomic mass is 35.5. The molecule has 0 saturated heterocycles. The van der Waals surface area contributed by atoms with Gasteiger partial charge in [-0.15, -0.1) is 0 Å². The summed E-state index contributed by atoms with van der Waals surface area (Å²) in [5.41, 5.74) is 1.06. The normalized spacial score (nSPS) is 12.4. The number of aliphatic carboxylic acids is 1. The standard InChI is InChI=1S/C12H15ClO2/c1-2-3-10(8-12(14)15)9-4-6-11(13)7-5-9/h4-7,10H,2-3,8H2,1H3,(H,14,15)/t10-/m0/s1. The van der Waals surface area contributed by atoms with Gasteiger partial charge in [-0.1, -0.05) is 37.1 Å². The van der Waals surface area contributed by atoms with Gasteiger partial charge < -0.3 is 5.11 Å². The molecule has 1 N–H and O–H groups in total. The van der Waals surface area contributed by atoms with Gasteiger partial charge in [0.2, 0.25) is 0 Å². The average Bonchev–Trinajstić information content (AvgIpc) is 2.17. The van der Waals surface area contributed by atoms with Crippen molar-refractivity contribution in [2.24, 2.45) is 0 Å². The van der Waals surface area contributed by atoms with Crippen molar-refractivity contribution in [1.29, 1.82) is 0 Å². The summed E-state index contributed by atoms with van der Waals surface area (Å²) >= 11 is 5.78. The van der Waals surface area contributed by atoms with Crippen molar-refractivity contribution in [3.63, 3.8) is 0 Å². The molecular formula is C12H15ClO2. The van der Waals surface area contributed by atoms with Crippen LogP contribution in [0.3, 0.4) is 0 Å². The largest absolute Gasteiger partial charge is 0.481 e. The van der Waals surface area contributed by atoms with Gasteiger partial charge in [0.25, 0.3) is 0 Å². The van der Waals surface area contributed by atoms with E-state index in [0.717, 1.165) is 18.4 Å². The summed E-state index contributed by atoms with van der Waals surface area (Å²) in [7, 11) is 0. The number of carboxylic acids is 1. The SMILES string of the molecule is CCC[C@@H](CC(=O)O)c1ccc(Cl)cc1. The third kappa shape index (κ3) is 3.92. The van der Waals surface area contributed by atoms with E-state index in [2.05, 4.69) is 6.92 Å². The first-order valence-electron chi connectivity index (χ1n) is 5.10. The molecule has 0 aliphatic heterocycles. The van der Waals surface area contributed by atoms with Crippen LogP contribution in [0.25, 0.3) is 0 Å². The lowest BCUT2D eigenvalue weighted by Crippen LogP contribution is -2.06. The van der Waals surface area contributed by atoms with Crippen molar-refractivity contribution in [2.75, 3.05) is 0 Å². The van der Waals surface area contributed by atoms with Crippen molar-refractivity contribution in [2.45, 2.75) is 32.1 Å². The van der Waals surface area contributed by atoms with Gasteiger partial charge in [0.15, 0.2) is 0 Å². The predicted octanol–water partition coefficient (Wildman–Crippen LogP) is 3.70. The Morgan fingerprint density at radius 1 is 1.40 bits per heavy atom. The summed E-state index contributed by atoms with van der Waals surface area (Å²) in [6.07, 6.45) is 2.07. The van der Waals surface area contributed by atoms with Gasteiger partial charge in [-0.25, -0.2) is 0 Å². The number of hydrogen-bond acceptors (Lipinski definition) is 1. The second-order valence-electron chi connectivity index (χ2n) is 3.64.